The maximum atomic E-state index is 12.1. The van der Waals surface area contributed by atoms with E-state index >= 15 is 0 Å². The van der Waals surface area contributed by atoms with E-state index in [2.05, 4.69) is 4.98 Å². The number of rotatable bonds is 5. The molecule has 3 rings (SSSR count). The van der Waals surface area contributed by atoms with Gasteiger partial charge in [0.1, 0.15) is 11.7 Å². The van der Waals surface area contributed by atoms with E-state index in [4.69, 9.17) is 22.3 Å². The Balaban J connectivity index is 2.05. The minimum absolute atomic E-state index is 0.00277. The lowest BCUT2D eigenvalue weighted by atomic mass is 10.1. The molecule has 0 fully saturated rings. The van der Waals surface area contributed by atoms with Gasteiger partial charge in [-0.1, -0.05) is 24.3 Å². The van der Waals surface area contributed by atoms with E-state index < -0.39 is 10.8 Å². The Morgan fingerprint density at radius 2 is 1.46 bits per heavy atom. The molecule has 0 aliphatic carbocycles. The minimum Gasteiger partial charge on any atom is -0.384 e. The van der Waals surface area contributed by atoms with Crippen molar-refractivity contribution in [3.05, 3.63) is 65.9 Å². The Bertz CT molecular complexity index is 1010. The van der Waals surface area contributed by atoms with Crippen LogP contribution >= 0.6 is 0 Å². The predicted molar refractivity (Wildman–Crippen MR) is 103 cm³/mol. The minimum atomic E-state index is -1.29. The molecular weight excluding hydrogens is 348 g/mol. The summed E-state index contributed by atoms with van der Waals surface area (Å²) >= 11 is 0. The predicted octanol–water partition coefficient (Wildman–Crippen LogP) is 1.84. The van der Waals surface area contributed by atoms with Gasteiger partial charge >= 0.3 is 0 Å². The standard InChI is InChI=1S/C18H18N6OS/c1-26(25)18-23-15(11-2-4-12(5-3-11)16(19)20)10-24(18)14-8-6-13(7-9-14)17(21)22/h2-10H,1H3,(H3,19,20)(H3,21,22). The normalized spacial score (nSPS) is 11.9. The fourth-order valence-corrected chi connectivity index (χ4v) is 3.17. The van der Waals surface area contributed by atoms with Crippen molar-refractivity contribution in [3.8, 4) is 16.9 Å². The van der Waals surface area contributed by atoms with Crippen molar-refractivity contribution in [1.29, 1.82) is 10.8 Å². The van der Waals surface area contributed by atoms with E-state index in [-0.39, 0.29) is 11.7 Å². The number of nitrogens with two attached hydrogens (primary N) is 2. The van der Waals surface area contributed by atoms with Gasteiger partial charge in [-0.2, -0.15) is 0 Å². The molecule has 0 saturated carbocycles. The fraction of sp³-hybridized carbons (Fsp3) is 0.0556. The van der Waals surface area contributed by atoms with Crippen molar-refractivity contribution in [2.75, 3.05) is 6.26 Å². The van der Waals surface area contributed by atoms with Crippen LogP contribution in [0.15, 0.2) is 59.9 Å². The monoisotopic (exact) mass is 366 g/mol. The van der Waals surface area contributed by atoms with Crippen LogP contribution in [0.2, 0.25) is 0 Å². The van der Waals surface area contributed by atoms with Gasteiger partial charge < -0.3 is 11.5 Å². The molecule has 6 N–H and O–H groups in total. The molecule has 0 radical (unpaired) electrons. The zero-order valence-electron chi connectivity index (χ0n) is 14.1. The summed E-state index contributed by atoms with van der Waals surface area (Å²) in [5.74, 6) is -0.00397. The Morgan fingerprint density at radius 1 is 0.962 bits per heavy atom. The largest absolute Gasteiger partial charge is 0.384 e. The molecule has 0 aliphatic heterocycles. The van der Waals surface area contributed by atoms with Gasteiger partial charge in [0.25, 0.3) is 0 Å². The van der Waals surface area contributed by atoms with Crippen molar-refractivity contribution in [3.63, 3.8) is 0 Å². The third kappa shape index (κ3) is 3.40. The van der Waals surface area contributed by atoms with Crippen molar-refractivity contribution < 1.29 is 4.21 Å². The molecule has 7 nitrogen and oxygen atoms in total. The lowest BCUT2D eigenvalue weighted by Crippen LogP contribution is -2.11. The molecule has 26 heavy (non-hydrogen) atoms. The van der Waals surface area contributed by atoms with Gasteiger partial charge in [0.15, 0.2) is 0 Å². The van der Waals surface area contributed by atoms with Crippen LogP contribution in [0, 0.1) is 10.8 Å². The van der Waals surface area contributed by atoms with Crippen LogP contribution in [0.4, 0.5) is 0 Å². The third-order valence-electron chi connectivity index (χ3n) is 3.88. The number of hydrogen-bond donors (Lipinski definition) is 4. The molecule has 0 spiro atoms. The van der Waals surface area contributed by atoms with Crippen LogP contribution in [0.25, 0.3) is 16.9 Å². The van der Waals surface area contributed by atoms with E-state index in [1.807, 2.05) is 18.3 Å². The molecule has 1 heterocycles. The zero-order valence-corrected chi connectivity index (χ0v) is 14.9. The summed E-state index contributed by atoms with van der Waals surface area (Å²) in [6.45, 7) is 0. The second-order valence-corrected chi connectivity index (χ2v) is 6.96. The maximum absolute atomic E-state index is 12.1. The smallest absolute Gasteiger partial charge is 0.203 e. The van der Waals surface area contributed by atoms with Crippen molar-refractivity contribution in [2.24, 2.45) is 11.5 Å². The highest BCUT2D eigenvalue weighted by Gasteiger charge is 2.14. The first-order chi connectivity index (χ1) is 12.4. The first-order valence-corrected chi connectivity index (χ1v) is 9.25. The molecule has 2 aromatic carbocycles. The molecule has 0 saturated heterocycles. The number of benzene rings is 2. The summed E-state index contributed by atoms with van der Waals surface area (Å²) in [7, 11) is -1.29. The molecule has 0 bridgehead atoms. The van der Waals surface area contributed by atoms with E-state index in [1.165, 1.54) is 0 Å². The van der Waals surface area contributed by atoms with Gasteiger partial charge in [-0.3, -0.25) is 19.6 Å². The molecule has 0 amide bonds. The van der Waals surface area contributed by atoms with Gasteiger partial charge in [0, 0.05) is 34.8 Å². The van der Waals surface area contributed by atoms with Gasteiger partial charge in [-0.15, -0.1) is 0 Å². The number of nitrogens with one attached hydrogen (secondary N) is 2. The highest BCUT2D eigenvalue weighted by Crippen LogP contribution is 2.23. The molecular formula is C18H18N6OS. The number of nitrogens with zero attached hydrogens (tertiary/aromatic N) is 2. The van der Waals surface area contributed by atoms with Crippen LogP contribution in [0.1, 0.15) is 11.1 Å². The molecule has 3 aromatic rings. The van der Waals surface area contributed by atoms with Crippen molar-refractivity contribution >= 4 is 22.5 Å². The number of hydrogen-bond acceptors (Lipinski definition) is 4. The topological polar surface area (TPSA) is 135 Å². The lowest BCUT2D eigenvalue weighted by molar-refractivity contribution is 0.677. The zero-order chi connectivity index (χ0) is 18.8. The van der Waals surface area contributed by atoms with E-state index in [0.29, 0.717) is 22.0 Å². The average molecular weight is 366 g/mol. The van der Waals surface area contributed by atoms with Crippen LogP contribution in [0.5, 0.6) is 0 Å². The Morgan fingerprint density at radius 3 is 1.92 bits per heavy atom. The molecule has 1 unspecified atom stereocenters. The highest BCUT2D eigenvalue weighted by atomic mass is 32.2. The van der Waals surface area contributed by atoms with E-state index in [1.54, 1.807) is 47.2 Å². The Kier molecular flexibility index (Phi) is 4.68. The van der Waals surface area contributed by atoms with Crippen molar-refractivity contribution in [2.45, 2.75) is 5.16 Å². The summed E-state index contributed by atoms with van der Waals surface area (Å²) in [6.07, 6.45) is 3.38. The first kappa shape index (κ1) is 17.6. The number of imidazole rings is 1. The van der Waals surface area contributed by atoms with E-state index in [0.717, 1.165) is 11.3 Å². The van der Waals surface area contributed by atoms with Crippen molar-refractivity contribution in [1.82, 2.24) is 9.55 Å². The number of nitrogen functional groups attached to an aromatic ring is 2. The van der Waals surface area contributed by atoms with Gasteiger partial charge in [0.2, 0.25) is 5.16 Å². The summed E-state index contributed by atoms with van der Waals surface area (Å²) in [4.78, 5) is 4.50. The number of aromatic nitrogens is 2. The molecule has 1 atom stereocenters. The maximum Gasteiger partial charge on any atom is 0.203 e. The number of amidine groups is 2. The molecule has 0 aliphatic rings. The van der Waals surface area contributed by atoms with Gasteiger partial charge in [0.05, 0.1) is 16.5 Å². The fourth-order valence-electron chi connectivity index (χ4n) is 2.51. The summed E-state index contributed by atoms with van der Waals surface area (Å²) < 4.78 is 13.9. The van der Waals surface area contributed by atoms with E-state index in [9.17, 15) is 4.21 Å². The van der Waals surface area contributed by atoms with Gasteiger partial charge in [-0.25, -0.2) is 4.98 Å². The molecule has 1 aromatic heterocycles. The van der Waals surface area contributed by atoms with Crippen LogP contribution < -0.4 is 11.5 Å². The second-order valence-electron chi connectivity index (χ2n) is 5.68. The molecule has 132 valence electrons. The van der Waals surface area contributed by atoms with Crippen LogP contribution in [0.3, 0.4) is 0 Å². The van der Waals surface area contributed by atoms with Gasteiger partial charge in [-0.05, 0) is 24.3 Å². The summed E-state index contributed by atoms with van der Waals surface area (Å²) in [6, 6.07) is 14.2. The highest BCUT2D eigenvalue weighted by molar-refractivity contribution is 7.84. The van der Waals surface area contributed by atoms with Crippen LogP contribution in [-0.4, -0.2) is 31.7 Å². The lowest BCUT2D eigenvalue weighted by Gasteiger charge is -2.06. The first-order valence-electron chi connectivity index (χ1n) is 7.69. The van der Waals surface area contributed by atoms with Crippen LogP contribution in [-0.2, 0) is 10.8 Å². The SMILES string of the molecule is CS(=O)c1nc(-c2ccc(C(=N)N)cc2)cn1-c1ccc(C(=N)N)cc1. The second kappa shape index (κ2) is 6.93. The third-order valence-corrected chi connectivity index (χ3v) is 4.68. The molecule has 8 heteroatoms. The Labute approximate surface area is 153 Å². The summed E-state index contributed by atoms with van der Waals surface area (Å²) in [5.41, 5.74) is 14.5. The Hall–Kier alpha value is -3.26. The quantitative estimate of drug-likeness (QED) is 0.405. The average Bonchev–Trinajstić information content (AvgIpc) is 3.07. The summed E-state index contributed by atoms with van der Waals surface area (Å²) in [5, 5.41) is 15.4.